The minimum absolute atomic E-state index is 0.0569. The van der Waals surface area contributed by atoms with Crippen LogP contribution in [0.5, 0.6) is 0 Å². The van der Waals surface area contributed by atoms with Gasteiger partial charge in [-0.1, -0.05) is 24.3 Å². The third-order valence-corrected chi connectivity index (χ3v) is 5.61. The average molecular weight is 293 g/mol. The van der Waals surface area contributed by atoms with Crippen molar-refractivity contribution in [1.29, 1.82) is 0 Å². The first kappa shape index (κ1) is 13.9. The van der Waals surface area contributed by atoms with Crippen molar-refractivity contribution in [1.82, 2.24) is 9.88 Å². The molecule has 2 bridgehead atoms. The summed E-state index contributed by atoms with van der Waals surface area (Å²) in [7, 11) is 0. The number of para-hydroxylation sites is 1. The Hall–Kier alpha value is -1.71. The molecule has 5 rings (SSSR count). The van der Waals surface area contributed by atoms with Crippen LogP contribution in [0, 0.1) is 11.8 Å². The lowest BCUT2D eigenvalue weighted by Crippen LogP contribution is -2.56. The highest BCUT2D eigenvalue weighted by molar-refractivity contribution is 5.82. The maximum Gasteiger partial charge on any atom is 0.0705 e. The lowest BCUT2D eigenvalue weighted by atomic mass is 9.73. The number of benzene rings is 1. The zero-order valence-electron chi connectivity index (χ0n) is 12.9. The first-order valence-corrected chi connectivity index (χ1v) is 8.24. The molecule has 0 aliphatic carbocycles. The molecule has 0 radical (unpaired) electrons. The maximum absolute atomic E-state index is 6.71. The highest BCUT2D eigenvalue weighted by Crippen LogP contribution is 2.41. The standard InChI is InChI=1S/C19H23N3/c1-2-13-12-22-10-8-14(13)11-18(22)19(20)16-7-9-21-17-6-4-3-5-15(16)17/h2-7,9,13-14,18-19H,1,8,10-12,20H2/t13-,14-,18-,19+/m0/s1. The summed E-state index contributed by atoms with van der Waals surface area (Å²) in [4.78, 5) is 7.04. The zero-order chi connectivity index (χ0) is 15.1. The topological polar surface area (TPSA) is 42.1 Å². The molecule has 3 heteroatoms. The molecule has 114 valence electrons. The fraction of sp³-hybridized carbons (Fsp3) is 0.421. The number of pyridine rings is 1. The van der Waals surface area contributed by atoms with E-state index in [1.54, 1.807) is 0 Å². The Balaban J connectivity index is 1.67. The van der Waals surface area contributed by atoms with Gasteiger partial charge in [-0.25, -0.2) is 0 Å². The van der Waals surface area contributed by atoms with Crippen LogP contribution in [0.3, 0.4) is 0 Å². The fourth-order valence-corrected chi connectivity index (χ4v) is 4.37. The van der Waals surface area contributed by atoms with Crippen LogP contribution < -0.4 is 5.73 Å². The molecule has 0 amide bonds. The largest absolute Gasteiger partial charge is 0.323 e. The van der Waals surface area contributed by atoms with Crippen LogP contribution in [0.15, 0.2) is 49.2 Å². The number of nitrogens with two attached hydrogens (primary N) is 1. The normalized spacial score (nSPS) is 32.0. The van der Waals surface area contributed by atoms with E-state index >= 15 is 0 Å². The molecular weight excluding hydrogens is 270 g/mol. The average Bonchev–Trinajstić information content (AvgIpc) is 2.60. The molecule has 0 saturated carbocycles. The van der Waals surface area contributed by atoms with Gasteiger partial charge in [0, 0.05) is 30.2 Å². The van der Waals surface area contributed by atoms with Gasteiger partial charge < -0.3 is 5.73 Å². The van der Waals surface area contributed by atoms with Gasteiger partial charge in [0.2, 0.25) is 0 Å². The number of nitrogens with zero attached hydrogens (tertiary/aromatic N) is 2. The Labute approximate surface area is 131 Å². The van der Waals surface area contributed by atoms with E-state index in [1.807, 2.05) is 12.3 Å². The fourth-order valence-electron chi connectivity index (χ4n) is 4.37. The van der Waals surface area contributed by atoms with Crippen LogP contribution in [0.1, 0.15) is 24.4 Å². The lowest BCUT2D eigenvalue weighted by Gasteiger charge is -2.51. The van der Waals surface area contributed by atoms with E-state index in [0.717, 1.165) is 18.0 Å². The Morgan fingerprint density at radius 1 is 1.32 bits per heavy atom. The van der Waals surface area contributed by atoms with Crippen molar-refractivity contribution in [3.8, 4) is 0 Å². The van der Waals surface area contributed by atoms with E-state index in [0.29, 0.717) is 12.0 Å². The number of aromatic nitrogens is 1. The van der Waals surface area contributed by atoms with E-state index in [4.69, 9.17) is 5.73 Å². The van der Waals surface area contributed by atoms with Crippen molar-refractivity contribution >= 4 is 10.9 Å². The first-order chi connectivity index (χ1) is 10.8. The second-order valence-corrected chi connectivity index (χ2v) is 6.69. The third kappa shape index (κ3) is 2.16. The Morgan fingerprint density at radius 2 is 2.18 bits per heavy atom. The van der Waals surface area contributed by atoms with Crippen molar-refractivity contribution in [2.75, 3.05) is 13.1 Å². The minimum atomic E-state index is 0.0569. The quantitative estimate of drug-likeness (QED) is 0.884. The van der Waals surface area contributed by atoms with Gasteiger partial charge in [-0.05, 0) is 48.9 Å². The molecule has 3 aliphatic heterocycles. The van der Waals surface area contributed by atoms with Gasteiger partial charge in [0.1, 0.15) is 0 Å². The number of hydrogen-bond donors (Lipinski definition) is 1. The van der Waals surface area contributed by atoms with Crippen LogP contribution in [0.4, 0.5) is 0 Å². The first-order valence-electron chi connectivity index (χ1n) is 8.24. The number of rotatable bonds is 3. The Kier molecular flexibility index (Phi) is 3.47. The SMILES string of the molecule is C=C[C@H]1CN2CC[C@H]1C[C@H]2[C@H](N)c1ccnc2ccccc12. The van der Waals surface area contributed by atoms with Crippen LogP contribution in [0.2, 0.25) is 0 Å². The third-order valence-electron chi connectivity index (χ3n) is 5.61. The zero-order valence-corrected chi connectivity index (χ0v) is 12.9. The summed E-state index contributed by atoms with van der Waals surface area (Å²) in [6.07, 6.45) is 6.51. The monoisotopic (exact) mass is 293 g/mol. The van der Waals surface area contributed by atoms with Gasteiger partial charge in [-0.15, -0.1) is 6.58 Å². The van der Waals surface area contributed by atoms with E-state index in [1.165, 1.54) is 30.3 Å². The van der Waals surface area contributed by atoms with Crippen molar-refractivity contribution in [3.63, 3.8) is 0 Å². The van der Waals surface area contributed by atoms with E-state index in [9.17, 15) is 0 Å². The minimum Gasteiger partial charge on any atom is -0.323 e. The summed E-state index contributed by atoms with van der Waals surface area (Å²) in [6.45, 7) is 6.30. The molecule has 0 spiro atoms. The molecule has 2 aromatic rings. The van der Waals surface area contributed by atoms with Gasteiger partial charge in [0.15, 0.2) is 0 Å². The second kappa shape index (κ2) is 5.49. The second-order valence-electron chi connectivity index (χ2n) is 6.69. The summed E-state index contributed by atoms with van der Waals surface area (Å²) < 4.78 is 0. The molecule has 5 atom stereocenters. The molecular formula is C19H23N3. The number of fused-ring (bicyclic) bond motifs is 4. The highest BCUT2D eigenvalue weighted by Gasteiger charge is 2.41. The lowest BCUT2D eigenvalue weighted by molar-refractivity contribution is 0.00749. The van der Waals surface area contributed by atoms with Gasteiger partial charge >= 0.3 is 0 Å². The van der Waals surface area contributed by atoms with Crippen molar-refractivity contribution in [2.45, 2.75) is 24.9 Å². The molecule has 22 heavy (non-hydrogen) atoms. The molecule has 3 aliphatic rings. The molecule has 4 heterocycles. The molecule has 3 nitrogen and oxygen atoms in total. The van der Waals surface area contributed by atoms with Gasteiger partial charge in [0.25, 0.3) is 0 Å². The van der Waals surface area contributed by atoms with Crippen molar-refractivity contribution in [3.05, 3.63) is 54.7 Å². The Bertz CT molecular complexity index is 691. The van der Waals surface area contributed by atoms with Crippen molar-refractivity contribution in [2.24, 2.45) is 17.6 Å². The van der Waals surface area contributed by atoms with Crippen LogP contribution in [-0.2, 0) is 0 Å². The summed E-state index contributed by atoms with van der Waals surface area (Å²) >= 11 is 0. The predicted molar refractivity (Wildman–Crippen MR) is 90.4 cm³/mol. The molecule has 3 saturated heterocycles. The van der Waals surface area contributed by atoms with E-state index in [-0.39, 0.29) is 6.04 Å². The van der Waals surface area contributed by atoms with E-state index < -0.39 is 0 Å². The predicted octanol–water partition coefficient (Wildman–Crippen LogP) is 3.13. The highest BCUT2D eigenvalue weighted by atomic mass is 15.2. The van der Waals surface area contributed by atoms with Gasteiger partial charge in [-0.3, -0.25) is 9.88 Å². The van der Waals surface area contributed by atoms with Crippen molar-refractivity contribution < 1.29 is 0 Å². The summed E-state index contributed by atoms with van der Waals surface area (Å²) in [5, 5.41) is 1.19. The maximum atomic E-state index is 6.71. The molecule has 3 fully saturated rings. The van der Waals surface area contributed by atoms with Gasteiger partial charge in [-0.2, -0.15) is 0 Å². The number of piperidine rings is 3. The van der Waals surface area contributed by atoms with Crippen LogP contribution in [-0.4, -0.2) is 29.0 Å². The van der Waals surface area contributed by atoms with Crippen LogP contribution >= 0.6 is 0 Å². The smallest absolute Gasteiger partial charge is 0.0705 e. The molecule has 2 N–H and O–H groups in total. The summed E-state index contributed by atoms with van der Waals surface area (Å²) in [5.74, 6) is 1.40. The summed E-state index contributed by atoms with van der Waals surface area (Å²) in [5.41, 5.74) is 8.99. The van der Waals surface area contributed by atoms with Crippen LogP contribution in [0.25, 0.3) is 10.9 Å². The summed E-state index contributed by atoms with van der Waals surface area (Å²) in [6, 6.07) is 10.9. The van der Waals surface area contributed by atoms with Gasteiger partial charge in [0.05, 0.1) is 5.52 Å². The molecule has 1 aromatic heterocycles. The molecule has 1 aromatic carbocycles. The molecule has 1 unspecified atom stereocenters. The Morgan fingerprint density at radius 3 is 2.95 bits per heavy atom. The van der Waals surface area contributed by atoms with E-state index in [2.05, 4.69) is 46.8 Å². The number of hydrogen-bond acceptors (Lipinski definition) is 3.